The van der Waals surface area contributed by atoms with Crippen LogP contribution in [0, 0.1) is 11.8 Å². The van der Waals surface area contributed by atoms with Crippen molar-refractivity contribution in [1.29, 1.82) is 0 Å². The van der Waals surface area contributed by atoms with Crippen LogP contribution in [0.3, 0.4) is 0 Å². The molecular weight excluding hydrogens is 240 g/mol. The Bertz CT molecular complexity index is 346. The molecule has 0 fully saturated rings. The van der Waals surface area contributed by atoms with Crippen molar-refractivity contribution < 1.29 is 29.4 Å². The molecule has 0 aromatic heterocycles. The number of rotatable bonds is 9. The number of ketones is 2. The van der Waals surface area contributed by atoms with Gasteiger partial charge in [-0.2, -0.15) is 0 Å². The molecule has 6 nitrogen and oxygen atoms in total. The predicted molar refractivity (Wildman–Crippen MR) is 62.1 cm³/mol. The fourth-order valence-electron chi connectivity index (χ4n) is 1.49. The van der Waals surface area contributed by atoms with E-state index >= 15 is 0 Å². The van der Waals surface area contributed by atoms with Gasteiger partial charge < -0.3 is 10.2 Å². The quantitative estimate of drug-likeness (QED) is 0.641. The molecule has 0 aromatic carbocycles. The van der Waals surface area contributed by atoms with Gasteiger partial charge in [0.25, 0.3) is 0 Å². The van der Waals surface area contributed by atoms with E-state index in [0.717, 1.165) is 0 Å². The van der Waals surface area contributed by atoms with Crippen molar-refractivity contribution in [3.8, 4) is 0 Å². The topological polar surface area (TPSA) is 109 Å². The Labute approximate surface area is 105 Å². The summed E-state index contributed by atoms with van der Waals surface area (Å²) in [6, 6.07) is 0. The van der Waals surface area contributed by atoms with Crippen molar-refractivity contribution in [3.05, 3.63) is 0 Å². The molecule has 0 aliphatic carbocycles. The zero-order valence-corrected chi connectivity index (χ0v) is 10.5. The number of carbonyl (C=O) groups is 4. The van der Waals surface area contributed by atoms with Gasteiger partial charge in [-0.05, 0) is 0 Å². The van der Waals surface area contributed by atoms with Gasteiger partial charge in [0.05, 0.1) is 12.3 Å². The highest BCUT2D eigenvalue weighted by atomic mass is 16.4. The monoisotopic (exact) mass is 258 g/mol. The van der Waals surface area contributed by atoms with Gasteiger partial charge in [-0.1, -0.05) is 13.8 Å². The number of aliphatic carboxylic acids is 2. The third-order valence-corrected chi connectivity index (χ3v) is 2.70. The number of hydrogen-bond acceptors (Lipinski definition) is 4. The molecule has 6 heteroatoms. The first-order valence-electron chi connectivity index (χ1n) is 5.76. The second kappa shape index (κ2) is 7.58. The molecule has 0 aromatic rings. The minimum absolute atomic E-state index is 0.183. The molecule has 0 heterocycles. The van der Waals surface area contributed by atoms with Gasteiger partial charge in [-0.3, -0.25) is 19.2 Å². The Hall–Kier alpha value is -1.72. The van der Waals surface area contributed by atoms with E-state index in [-0.39, 0.29) is 31.5 Å². The maximum Gasteiger partial charge on any atom is 0.307 e. The lowest BCUT2D eigenvalue weighted by Gasteiger charge is -2.13. The SMILES string of the molecule is CCC(=O)CC(CC(=O)C(C)CC(=O)O)C(=O)O. The van der Waals surface area contributed by atoms with Crippen molar-refractivity contribution in [2.75, 3.05) is 0 Å². The standard InChI is InChI=1S/C12H18O6/c1-3-9(13)5-8(12(17)18)6-10(14)7(2)4-11(15)16/h7-8H,3-6H2,1-2H3,(H,15,16)(H,17,18). The van der Waals surface area contributed by atoms with Gasteiger partial charge in [0.15, 0.2) is 0 Å². The van der Waals surface area contributed by atoms with Crippen LogP contribution in [0.2, 0.25) is 0 Å². The van der Waals surface area contributed by atoms with E-state index < -0.39 is 29.6 Å². The lowest BCUT2D eigenvalue weighted by Crippen LogP contribution is -2.25. The molecule has 2 N–H and O–H groups in total. The van der Waals surface area contributed by atoms with Crippen molar-refractivity contribution in [2.24, 2.45) is 11.8 Å². The van der Waals surface area contributed by atoms with Crippen molar-refractivity contribution in [2.45, 2.75) is 39.5 Å². The predicted octanol–water partition coefficient (Wildman–Crippen LogP) is 1.13. The molecule has 0 saturated carbocycles. The first kappa shape index (κ1) is 16.3. The van der Waals surface area contributed by atoms with E-state index in [4.69, 9.17) is 10.2 Å². The van der Waals surface area contributed by atoms with Crippen molar-refractivity contribution >= 4 is 23.5 Å². The molecular formula is C12H18O6. The summed E-state index contributed by atoms with van der Waals surface area (Å²) in [6.07, 6.45) is -0.581. The Morgan fingerprint density at radius 1 is 1.00 bits per heavy atom. The smallest absolute Gasteiger partial charge is 0.307 e. The molecule has 0 aliphatic rings. The average molecular weight is 258 g/mol. The third kappa shape index (κ3) is 6.12. The Morgan fingerprint density at radius 2 is 1.56 bits per heavy atom. The van der Waals surface area contributed by atoms with Gasteiger partial charge >= 0.3 is 11.9 Å². The summed E-state index contributed by atoms with van der Waals surface area (Å²) in [5.74, 6) is -4.75. The highest BCUT2D eigenvalue weighted by Gasteiger charge is 2.26. The van der Waals surface area contributed by atoms with Crippen LogP contribution in [0.1, 0.15) is 39.5 Å². The van der Waals surface area contributed by atoms with Crippen molar-refractivity contribution in [1.82, 2.24) is 0 Å². The second-order valence-electron chi connectivity index (χ2n) is 4.30. The van der Waals surface area contributed by atoms with Gasteiger partial charge in [0, 0.05) is 25.2 Å². The third-order valence-electron chi connectivity index (χ3n) is 2.70. The first-order valence-corrected chi connectivity index (χ1v) is 5.76. The zero-order valence-electron chi connectivity index (χ0n) is 10.5. The summed E-state index contributed by atoms with van der Waals surface area (Å²) >= 11 is 0. The van der Waals surface area contributed by atoms with Gasteiger partial charge in [-0.15, -0.1) is 0 Å². The lowest BCUT2D eigenvalue weighted by atomic mass is 9.90. The summed E-state index contributed by atoms with van der Waals surface area (Å²) < 4.78 is 0. The number of Topliss-reactive ketones (excluding diaryl/α,β-unsaturated/α-hetero) is 2. The molecule has 2 unspecified atom stereocenters. The summed E-state index contributed by atoms with van der Waals surface area (Å²) in [4.78, 5) is 44.2. The summed E-state index contributed by atoms with van der Waals surface area (Å²) in [5, 5.41) is 17.4. The fourth-order valence-corrected chi connectivity index (χ4v) is 1.49. The number of carboxylic acids is 2. The molecule has 102 valence electrons. The Kier molecular flexibility index (Phi) is 6.85. The van der Waals surface area contributed by atoms with E-state index in [1.807, 2.05) is 0 Å². The van der Waals surface area contributed by atoms with Crippen LogP contribution in [-0.4, -0.2) is 33.7 Å². The van der Waals surface area contributed by atoms with Gasteiger partial charge in [0.2, 0.25) is 0 Å². The van der Waals surface area contributed by atoms with Crippen LogP contribution >= 0.6 is 0 Å². The molecule has 0 aliphatic heterocycles. The molecule has 0 amide bonds. The zero-order chi connectivity index (χ0) is 14.3. The fraction of sp³-hybridized carbons (Fsp3) is 0.667. The Balaban J connectivity index is 4.49. The number of carbonyl (C=O) groups excluding carboxylic acids is 2. The maximum atomic E-state index is 11.6. The number of carboxylic acid groups (broad SMARTS) is 2. The largest absolute Gasteiger partial charge is 0.481 e. The molecule has 18 heavy (non-hydrogen) atoms. The average Bonchev–Trinajstić information content (AvgIpc) is 2.26. The highest BCUT2D eigenvalue weighted by Crippen LogP contribution is 2.16. The molecule has 0 spiro atoms. The molecule has 0 saturated heterocycles. The van der Waals surface area contributed by atoms with Crippen LogP contribution < -0.4 is 0 Å². The molecule has 2 atom stereocenters. The van der Waals surface area contributed by atoms with Gasteiger partial charge in [-0.25, -0.2) is 0 Å². The number of hydrogen-bond donors (Lipinski definition) is 2. The van der Waals surface area contributed by atoms with E-state index in [9.17, 15) is 19.2 Å². The van der Waals surface area contributed by atoms with Gasteiger partial charge in [0.1, 0.15) is 11.6 Å². The van der Waals surface area contributed by atoms with E-state index in [1.165, 1.54) is 6.92 Å². The van der Waals surface area contributed by atoms with E-state index in [2.05, 4.69) is 0 Å². The van der Waals surface area contributed by atoms with Crippen LogP contribution in [0.15, 0.2) is 0 Å². The molecule has 0 rings (SSSR count). The summed E-state index contributed by atoms with van der Waals surface area (Å²) in [5.41, 5.74) is 0. The Morgan fingerprint density at radius 3 is 1.94 bits per heavy atom. The van der Waals surface area contributed by atoms with Crippen molar-refractivity contribution in [3.63, 3.8) is 0 Å². The lowest BCUT2D eigenvalue weighted by molar-refractivity contribution is -0.146. The van der Waals surface area contributed by atoms with E-state index in [0.29, 0.717) is 0 Å². The van der Waals surface area contributed by atoms with Crippen LogP contribution in [-0.2, 0) is 19.2 Å². The minimum Gasteiger partial charge on any atom is -0.481 e. The second-order valence-corrected chi connectivity index (χ2v) is 4.30. The molecule has 0 radical (unpaired) electrons. The van der Waals surface area contributed by atoms with Crippen LogP contribution in [0.4, 0.5) is 0 Å². The minimum atomic E-state index is -1.20. The molecule has 0 bridgehead atoms. The van der Waals surface area contributed by atoms with Crippen LogP contribution in [0.25, 0.3) is 0 Å². The normalized spacial score (nSPS) is 13.7. The maximum absolute atomic E-state index is 11.6. The van der Waals surface area contributed by atoms with Crippen LogP contribution in [0.5, 0.6) is 0 Å². The highest BCUT2D eigenvalue weighted by molar-refractivity contribution is 5.90. The summed E-state index contributed by atoms with van der Waals surface area (Å²) in [6.45, 7) is 3.06. The summed E-state index contributed by atoms with van der Waals surface area (Å²) in [7, 11) is 0. The first-order chi connectivity index (χ1) is 8.27. The van der Waals surface area contributed by atoms with E-state index in [1.54, 1.807) is 6.92 Å².